The molecule has 0 aromatic heterocycles. The van der Waals surface area contributed by atoms with Gasteiger partial charge in [0.25, 0.3) is 0 Å². The SMILES string of the molecule is CC(C)CCC(C)CNCC(C)CCC(C)C. The molecule has 0 aromatic rings. The van der Waals surface area contributed by atoms with E-state index >= 15 is 0 Å². The predicted molar refractivity (Wildman–Crippen MR) is 79.3 cm³/mol. The molecule has 0 aliphatic carbocycles. The van der Waals surface area contributed by atoms with Gasteiger partial charge in [0.15, 0.2) is 0 Å². The molecule has 1 heteroatoms. The molecule has 0 amide bonds. The van der Waals surface area contributed by atoms with E-state index in [4.69, 9.17) is 0 Å². The first-order chi connectivity index (χ1) is 7.91. The highest BCUT2D eigenvalue weighted by Crippen LogP contribution is 2.12. The van der Waals surface area contributed by atoms with Gasteiger partial charge in [-0.3, -0.25) is 0 Å². The minimum absolute atomic E-state index is 0.828. The molecule has 17 heavy (non-hydrogen) atoms. The van der Waals surface area contributed by atoms with Gasteiger partial charge in [-0.2, -0.15) is 0 Å². The van der Waals surface area contributed by atoms with Crippen LogP contribution in [0.25, 0.3) is 0 Å². The summed E-state index contributed by atoms with van der Waals surface area (Å²) in [5, 5.41) is 3.63. The van der Waals surface area contributed by atoms with Gasteiger partial charge in [0.05, 0.1) is 0 Å². The van der Waals surface area contributed by atoms with E-state index in [-0.39, 0.29) is 0 Å². The number of nitrogens with one attached hydrogen (secondary N) is 1. The Morgan fingerprint density at radius 3 is 1.24 bits per heavy atom. The Morgan fingerprint density at radius 1 is 0.588 bits per heavy atom. The lowest BCUT2D eigenvalue weighted by molar-refractivity contribution is 0.387. The average molecular weight is 241 g/mol. The van der Waals surface area contributed by atoms with Gasteiger partial charge >= 0.3 is 0 Å². The largest absolute Gasteiger partial charge is 0.316 e. The zero-order chi connectivity index (χ0) is 13.3. The summed E-state index contributed by atoms with van der Waals surface area (Å²) in [6, 6.07) is 0. The molecule has 0 spiro atoms. The van der Waals surface area contributed by atoms with Gasteiger partial charge in [-0.1, -0.05) is 54.4 Å². The number of hydrogen-bond donors (Lipinski definition) is 1. The lowest BCUT2D eigenvalue weighted by Gasteiger charge is -2.17. The van der Waals surface area contributed by atoms with Gasteiger partial charge in [0, 0.05) is 0 Å². The standard InChI is InChI=1S/C16H35N/c1-13(2)7-9-15(5)11-17-12-16(6)10-8-14(3)4/h13-17H,7-12H2,1-6H3. The highest BCUT2D eigenvalue weighted by Gasteiger charge is 2.06. The molecule has 1 N–H and O–H groups in total. The molecule has 0 aliphatic rings. The Morgan fingerprint density at radius 2 is 0.941 bits per heavy atom. The number of hydrogen-bond acceptors (Lipinski definition) is 1. The molecule has 0 bridgehead atoms. The van der Waals surface area contributed by atoms with Crippen LogP contribution in [0.2, 0.25) is 0 Å². The summed E-state index contributed by atoms with van der Waals surface area (Å²) in [4.78, 5) is 0. The monoisotopic (exact) mass is 241 g/mol. The Bertz CT molecular complexity index is 145. The second kappa shape index (κ2) is 9.94. The Balaban J connectivity index is 3.42. The zero-order valence-corrected chi connectivity index (χ0v) is 13.1. The summed E-state index contributed by atoms with van der Waals surface area (Å²) in [6.45, 7) is 16.4. The first kappa shape index (κ1) is 17.0. The van der Waals surface area contributed by atoms with Crippen molar-refractivity contribution in [3.05, 3.63) is 0 Å². The zero-order valence-electron chi connectivity index (χ0n) is 13.1. The quantitative estimate of drug-likeness (QED) is 0.583. The summed E-state index contributed by atoms with van der Waals surface area (Å²) in [7, 11) is 0. The van der Waals surface area contributed by atoms with Crippen LogP contribution < -0.4 is 5.32 Å². The third kappa shape index (κ3) is 12.2. The number of rotatable bonds is 10. The molecular weight excluding hydrogens is 206 g/mol. The molecule has 0 saturated heterocycles. The first-order valence-electron chi connectivity index (χ1n) is 7.62. The van der Waals surface area contributed by atoms with Crippen molar-refractivity contribution in [1.82, 2.24) is 5.32 Å². The lowest BCUT2D eigenvalue weighted by atomic mass is 9.98. The van der Waals surface area contributed by atoms with Crippen LogP contribution in [0.4, 0.5) is 0 Å². The molecule has 0 fully saturated rings. The van der Waals surface area contributed by atoms with Crippen molar-refractivity contribution in [2.24, 2.45) is 23.7 Å². The van der Waals surface area contributed by atoms with Gasteiger partial charge in [0.1, 0.15) is 0 Å². The molecule has 0 aliphatic heterocycles. The van der Waals surface area contributed by atoms with Crippen LogP contribution in [0.15, 0.2) is 0 Å². The van der Waals surface area contributed by atoms with E-state index in [1.165, 1.54) is 38.8 Å². The van der Waals surface area contributed by atoms with Crippen molar-refractivity contribution >= 4 is 0 Å². The van der Waals surface area contributed by atoms with Crippen LogP contribution in [0.5, 0.6) is 0 Å². The van der Waals surface area contributed by atoms with Gasteiger partial charge in [0.2, 0.25) is 0 Å². The van der Waals surface area contributed by atoms with Gasteiger partial charge in [-0.15, -0.1) is 0 Å². The van der Waals surface area contributed by atoms with Gasteiger partial charge < -0.3 is 5.32 Å². The van der Waals surface area contributed by atoms with Crippen LogP contribution in [-0.4, -0.2) is 13.1 Å². The molecule has 2 unspecified atom stereocenters. The highest BCUT2D eigenvalue weighted by molar-refractivity contribution is 4.62. The topological polar surface area (TPSA) is 12.0 Å². The van der Waals surface area contributed by atoms with Gasteiger partial charge in [-0.25, -0.2) is 0 Å². The van der Waals surface area contributed by atoms with E-state index in [1.807, 2.05) is 0 Å². The maximum atomic E-state index is 3.63. The molecule has 0 saturated carbocycles. The summed E-state index contributed by atoms with van der Waals surface area (Å²) < 4.78 is 0. The fourth-order valence-corrected chi connectivity index (χ4v) is 2.02. The van der Waals surface area contributed by atoms with Crippen LogP contribution >= 0.6 is 0 Å². The van der Waals surface area contributed by atoms with Crippen molar-refractivity contribution in [3.63, 3.8) is 0 Å². The second-order valence-electron chi connectivity index (χ2n) is 6.81. The first-order valence-corrected chi connectivity index (χ1v) is 7.62. The molecular formula is C16H35N. The van der Waals surface area contributed by atoms with E-state index in [2.05, 4.69) is 46.9 Å². The average Bonchev–Trinajstić information content (AvgIpc) is 2.23. The third-order valence-electron chi connectivity index (χ3n) is 3.46. The second-order valence-corrected chi connectivity index (χ2v) is 6.81. The molecule has 0 heterocycles. The molecule has 0 rings (SSSR count). The van der Waals surface area contributed by atoms with Crippen molar-refractivity contribution < 1.29 is 0 Å². The third-order valence-corrected chi connectivity index (χ3v) is 3.46. The molecule has 0 radical (unpaired) electrons. The van der Waals surface area contributed by atoms with E-state index in [1.54, 1.807) is 0 Å². The Kier molecular flexibility index (Phi) is 9.91. The summed E-state index contributed by atoms with van der Waals surface area (Å²) in [6.07, 6.45) is 5.47. The van der Waals surface area contributed by atoms with Crippen molar-refractivity contribution in [2.75, 3.05) is 13.1 Å². The van der Waals surface area contributed by atoms with E-state index < -0.39 is 0 Å². The minimum Gasteiger partial charge on any atom is -0.316 e. The fourth-order valence-electron chi connectivity index (χ4n) is 2.02. The van der Waals surface area contributed by atoms with Crippen LogP contribution in [-0.2, 0) is 0 Å². The highest BCUT2D eigenvalue weighted by atomic mass is 14.9. The van der Waals surface area contributed by atoms with Crippen molar-refractivity contribution in [1.29, 1.82) is 0 Å². The van der Waals surface area contributed by atoms with Crippen molar-refractivity contribution in [2.45, 2.75) is 67.2 Å². The van der Waals surface area contributed by atoms with Crippen LogP contribution in [0, 0.1) is 23.7 Å². The van der Waals surface area contributed by atoms with Crippen molar-refractivity contribution in [3.8, 4) is 0 Å². The summed E-state index contributed by atoms with van der Waals surface area (Å²) >= 11 is 0. The lowest BCUT2D eigenvalue weighted by Crippen LogP contribution is -2.26. The molecule has 1 nitrogen and oxygen atoms in total. The molecule has 0 aromatic carbocycles. The normalized spacial score (nSPS) is 15.5. The van der Waals surface area contributed by atoms with E-state index in [9.17, 15) is 0 Å². The van der Waals surface area contributed by atoms with E-state index in [0.29, 0.717) is 0 Å². The predicted octanol–water partition coefficient (Wildman–Crippen LogP) is 4.72. The fraction of sp³-hybridized carbons (Fsp3) is 1.00. The summed E-state index contributed by atoms with van der Waals surface area (Å²) in [5.41, 5.74) is 0. The minimum atomic E-state index is 0.828. The Labute approximate surface area is 110 Å². The Hall–Kier alpha value is -0.0400. The summed E-state index contributed by atoms with van der Waals surface area (Å²) in [5.74, 6) is 3.36. The maximum absolute atomic E-state index is 3.63. The maximum Gasteiger partial charge on any atom is -0.00230 e. The smallest absolute Gasteiger partial charge is 0.00230 e. The van der Waals surface area contributed by atoms with E-state index in [0.717, 1.165) is 23.7 Å². The van der Waals surface area contributed by atoms with Crippen LogP contribution in [0.1, 0.15) is 67.2 Å². The molecule has 2 atom stereocenters. The van der Waals surface area contributed by atoms with Crippen LogP contribution in [0.3, 0.4) is 0 Å². The molecule has 104 valence electrons. The van der Waals surface area contributed by atoms with Gasteiger partial charge in [-0.05, 0) is 49.6 Å².